The summed E-state index contributed by atoms with van der Waals surface area (Å²) in [6, 6.07) is 154. The minimum Gasteiger partial charge on any atom is -0.0616 e. The second kappa shape index (κ2) is 27.9. The van der Waals surface area contributed by atoms with Gasteiger partial charge >= 0.3 is 0 Å². The van der Waals surface area contributed by atoms with Crippen molar-refractivity contribution < 1.29 is 0 Å². The highest BCUT2D eigenvalue weighted by atomic mass is 14.2. The Labute approximate surface area is 607 Å². The van der Waals surface area contributed by atoms with Crippen LogP contribution in [0, 0.1) is 0 Å². The molecule has 0 aliphatic heterocycles. The van der Waals surface area contributed by atoms with Gasteiger partial charge in [-0.15, -0.1) is 0 Å². The molecule has 0 heterocycles. The number of benzene rings is 20. The summed E-state index contributed by atoms with van der Waals surface area (Å²) in [5.41, 5.74) is 22.5. The summed E-state index contributed by atoms with van der Waals surface area (Å²) in [4.78, 5) is 0. The van der Waals surface area contributed by atoms with Crippen molar-refractivity contribution in [1.29, 1.82) is 0 Å². The van der Waals surface area contributed by atoms with Crippen molar-refractivity contribution in [1.82, 2.24) is 0 Å². The summed E-state index contributed by atoms with van der Waals surface area (Å²) in [6.45, 7) is 0. The van der Waals surface area contributed by atoms with Crippen LogP contribution in [-0.2, 0) is 0 Å². The summed E-state index contributed by atoms with van der Waals surface area (Å²) in [6.07, 6.45) is 0. The van der Waals surface area contributed by atoms with Crippen molar-refractivity contribution in [3.05, 3.63) is 425 Å². The van der Waals surface area contributed by atoms with E-state index in [-0.39, 0.29) is 0 Å². The fourth-order valence-electron chi connectivity index (χ4n) is 15.6. The summed E-state index contributed by atoms with van der Waals surface area (Å²) < 4.78 is 0. The molecule has 0 atom stereocenters. The molecule has 20 aromatic carbocycles. The normalized spacial score (nSPS) is 11.3. The third-order valence-corrected chi connectivity index (χ3v) is 20.8. The van der Waals surface area contributed by atoms with E-state index in [1.54, 1.807) is 0 Å². The second-order valence-electron chi connectivity index (χ2n) is 27.0. The first-order chi connectivity index (χ1) is 51.6. The van der Waals surface area contributed by atoms with Crippen LogP contribution in [0.4, 0.5) is 0 Å². The monoisotopic (exact) mass is 1320 g/mol. The lowest BCUT2D eigenvalue weighted by Crippen LogP contribution is -1.86. The quantitative estimate of drug-likeness (QED) is 0.126. The topological polar surface area (TPSA) is 0 Å². The van der Waals surface area contributed by atoms with Gasteiger partial charge in [0.05, 0.1) is 0 Å². The highest BCUT2D eigenvalue weighted by molar-refractivity contribution is 6.15. The number of hydrogen-bond donors (Lipinski definition) is 0. The SMILES string of the molecule is c1cc(-c2cccc(-c3cccc4ccccc34)c2)cc(-c2cccc3ccccc23)c1.c1ccc2c(-c3ccc(-c4ccc(-c5cccc6ccccc56)cc4)cc3)cccc2c1.c1ccc2c(c1)cc(-c1ccc(-c3ccc(-c4cc5ccccc5c5ccccc45)cc3)cc1)c1ccccc12. The maximum Gasteiger partial charge on any atom is -0.00990 e. The number of hydrogen-bond acceptors (Lipinski definition) is 0. The van der Waals surface area contributed by atoms with Gasteiger partial charge in [0.15, 0.2) is 0 Å². The molecule has 0 N–H and O–H groups in total. The average Bonchev–Trinajstić information content (AvgIpc) is 0.748. The van der Waals surface area contributed by atoms with E-state index in [4.69, 9.17) is 0 Å². The van der Waals surface area contributed by atoms with Crippen LogP contribution in [0.25, 0.3) is 186 Å². The molecule has 0 nitrogen and oxygen atoms in total. The largest absolute Gasteiger partial charge is 0.0616 e. The standard InChI is InChI=1S/C40H26.2C32H22/c1-3-11-33-31(9-1)25-39(37-15-7-5-13-35(33)37)29-21-17-27(18-22-29)28-19-23-30(24-20-28)40-26-32-10-2-4-12-34(32)36-14-6-8-16-38(36)40;1-3-17-29-23(9-1)11-7-19-31(29)27-15-5-13-25(21-27)26-14-6-16-28(22-26)32-20-8-12-24-10-2-4-18-30(24)32;1-3-11-29-25(7-1)9-5-13-31(29)27-19-15-23(16-20-27)24-17-21-28(22-18-24)32-14-6-10-26-8-2-4-12-30(26)32/h1-26H;2*1-22H. The van der Waals surface area contributed by atoms with Crippen molar-refractivity contribution >= 4 is 86.2 Å². The molecule has 0 aliphatic carbocycles. The van der Waals surface area contributed by atoms with E-state index < -0.39 is 0 Å². The molecule has 0 radical (unpaired) electrons. The lowest BCUT2D eigenvalue weighted by atomic mass is 9.91. The lowest BCUT2D eigenvalue weighted by Gasteiger charge is -2.13. The Balaban J connectivity index is 0.000000112. The molecule has 0 spiro atoms. The molecule has 0 bridgehead atoms. The second-order valence-corrected chi connectivity index (χ2v) is 27.0. The predicted octanol–water partition coefficient (Wildman–Crippen LogP) is 29.3. The summed E-state index contributed by atoms with van der Waals surface area (Å²) in [5.74, 6) is 0. The zero-order valence-corrected chi connectivity index (χ0v) is 57.4. The number of rotatable bonds is 9. The molecule has 0 unspecified atom stereocenters. The molecule has 0 amide bonds. The van der Waals surface area contributed by atoms with Crippen LogP contribution in [0.5, 0.6) is 0 Å². The molecular weight excluding hydrogens is 1250 g/mol. The Morgan fingerprint density at radius 2 is 0.288 bits per heavy atom. The van der Waals surface area contributed by atoms with Gasteiger partial charge < -0.3 is 0 Å². The van der Waals surface area contributed by atoms with Crippen LogP contribution in [0.1, 0.15) is 0 Å². The molecule has 104 heavy (non-hydrogen) atoms. The van der Waals surface area contributed by atoms with E-state index >= 15 is 0 Å². The van der Waals surface area contributed by atoms with Crippen LogP contribution in [0.2, 0.25) is 0 Å². The molecule has 0 heteroatoms. The van der Waals surface area contributed by atoms with Crippen LogP contribution >= 0.6 is 0 Å². The highest BCUT2D eigenvalue weighted by Gasteiger charge is 2.15. The summed E-state index contributed by atoms with van der Waals surface area (Å²) in [5, 5.41) is 20.6. The first-order valence-corrected chi connectivity index (χ1v) is 35.9. The van der Waals surface area contributed by atoms with Crippen molar-refractivity contribution in [2.75, 3.05) is 0 Å². The van der Waals surface area contributed by atoms with E-state index in [2.05, 4.69) is 425 Å². The average molecular weight is 1320 g/mol. The number of fused-ring (bicyclic) bond motifs is 10. The zero-order chi connectivity index (χ0) is 69.1. The molecule has 0 aliphatic rings. The van der Waals surface area contributed by atoms with E-state index in [9.17, 15) is 0 Å². The van der Waals surface area contributed by atoms with Gasteiger partial charge in [-0.05, 0) is 211 Å². The first-order valence-electron chi connectivity index (χ1n) is 35.9. The van der Waals surface area contributed by atoms with Crippen LogP contribution in [0.15, 0.2) is 425 Å². The minimum atomic E-state index is 1.23. The van der Waals surface area contributed by atoms with Gasteiger partial charge in [0.1, 0.15) is 0 Å². The van der Waals surface area contributed by atoms with E-state index in [1.165, 1.54) is 186 Å². The van der Waals surface area contributed by atoms with Gasteiger partial charge in [0, 0.05) is 0 Å². The van der Waals surface area contributed by atoms with E-state index in [0.717, 1.165) is 0 Å². The Bertz CT molecular complexity index is 6130. The van der Waals surface area contributed by atoms with Gasteiger partial charge in [-0.1, -0.05) is 400 Å². The molecule has 20 aromatic rings. The van der Waals surface area contributed by atoms with Gasteiger partial charge in [0.25, 0.3) is 0 Å². The van der Waals surface area contributed by atoms with Gasteiger partial charge in [-0.2, -0.15) is 0 Å². The van der Waals surface area contributed by atoms with Crippen LogP contribution in [-0.4, -0.2) is 0 Å². The maximum atomic E-state index is 2.33. The Morgan fingerprint density at radius 1 is 0.0865 bits per heavy atom. The summed E-state index contributed by atoms with van der Waals surface area (Å²) >= 11 is 0. The molecule has 486 valence electrons. The van der Waals surface area contributed by atoms with Crippen molar-refractivity contribution in [3.63, 3.8) is 0 Å². The van der Waals surface area contributed by atoms with Crippen LogP contribution < -0.4 is 0 Å². The van der Waals surface area contributed by atoms with E-state index in [0.29, 0.717) is 0 Å². The lowest BCUT2D eigenvalue weighted by molar-refractivity contribution is 1.59. The Morgan fingerprint density at radius 3 is 0.596 bits per heavy atom. The minimum absolute atomic E-state index is 1.23. The van der Waals surface area contributed by atoms with Gasteiger partial charge in [0.2, 0.25) is 0 Å². The molecule has 20 rings (SSSR count). The molecule has 0 saturated heterocycles. The molecule has 0 fully saturated rings. The zero-order valence-electron chi connectivity index (χ0n) is 57.4. The van der Waals surface area contributed by atoms with Gasteiger partial charge in [-0.3, -0.25) is 0 Å². The fraction of sp³-hybridized carbons (Fsp3) is 0. The van der Waals surface area contributed by atoms with Crippen molar-refractivity contribution in [2.24, 2.45) is 0 Å². The Kier molecular flexibility index (Phi) is 16.8. The predicted molar refractivity (Wildman–Crippen MR) is 448 cm³/mol. The third kappa shape index (κ3) is 12.3. The van der Waals surface area contributed by atoms with E-state index in [1.807, 2.05) is 0 Å². The maximum absolute atomic E-state index is 2.33. The smallest absolute Gasteiger partial charge is 0.00990 e. The Hall–Kier alpha value is -13.5. The third-order valence-electron chi connectivity index (χ3n) is 20.8. The fourth-order valence-corrected chi connectivity index (χ4v) is 15.6. The van der Waals surface area contributed by atoms with Crippen molar-refractivity contribution in [2.45, 2.75) is 0 Å². The summed E-state index contributed by atoms with van der Waals surface area (Å²) in [7, 11) is 0. The van der Waals surface area contributed by atoms with Gasteiger partial charge in [-0.25, -0.2) is 0 Å². The first kappa shape index (κ1) is 62.7. The molecular formula is C104H70. The van der Waals surface area contributed by atoms with Crippen LogP contribution in [0.3, 0.4) is 0 Å². The molecule has 0 aromatic heterocycles. The van der Waals surface area contributed by atoms with Crippen molar-refractivity contribution in [3.8, 4) is 100 Å². The molecule has 0 saturated carbocycles. The highest BCUT2D eigenvalue weighted by Crippen LogP contribution is 2.41.